The van der Waals surface area contributed by atoms with Crippen LogP contribution in [0.3, 0.4) is 0 Å². The van der Waals surface area contributed by atoms with Crippen molar-refractivity contribution < 1.29 is 9.47 Å². The molecule has 0 aliphatic carbocycles. The molecule has 2 nitrogen and oxygen atoms in total. The van der Waals surface area contributed by atoms with Crippen molar-refractivity contribution in [2.24, 2.45) is 0 Å². The summed E-state index contributed by atoms with van der Waals surface area (Å²) in [6, 6.07) is 0. The van der Waals surface area contributed by atoms with E-state index in [1.807, 2.05) is 6.08 Å². The molecule has 0 aromatic rings. The SMILES string of the molecule is C=CCC[C@H]1OCCC[C@@H]1OCC=C. The van der Waals surface area contributed by atoms with Gasteiger partial charge in [0.05, 0.1) is 18.8 Å². The Morgan fingerprint density at radius 2 is 2.21 bits per heavy atom. The highest BCUT2D eigenvalue weighted by Crippen LogP contribution is 2.21. The van der Waals surface area contributed by atoms with Gasteiger partial charge >= 0.3 is 0 Å². The summed E-state index contributed by atoms with van der Waals surface area (Å²) in [5.74, 6) is 0. The van der Waals surface area contributed by atoms with E-state index in [-0.39, 0.29) is 12.2 Å². The quantitative estimate of drug-likeness (QED) is 0.608. The van der Waals surface area contributed by atoms with Gasteiger partial charge in [0, 0.05) is 6.61 Å². The molecule has 2 atom stereocenters. The molecule has 1 aliphatic rings. The van der Waals surface area contributed by atoms with Crippen LogP contribution in [0.2, 0.25) is 0 Å². The monoisotopic (exact) mass is 196 g/mol. The van der Waals surface area contributed by atoms with Crippen LogP contribution < -0.4 is 0 Å². The van der Waals surface area contributed by atoms with Gasteiger partial charge in [0.2, 0.25) is 0 Å². The molecule has 14 heavy (non-hydrogen) atoms. The van der Waals surface area contributed by atoms with E-state index in [1.165, 1.54) is 0 Å². The lowest BCUT2D eigenvalue weighted by atomic mass is 10.0. The number of rotatable bonds is 6. The average molecular weight is 196 g/mol. The van der Waals surface area contributed by atoms with E-state index in [4.69, 9.17) is 9.47 Å². The van der Waals surface area contributed by atoms with E-state index in [9.17, 15) is 0 Å². The van der Waals surface area contributed by atoms with Crippen LogP contribution in [0.1, 0.15) is 25.7 Å². The Hall–Kier alpha value is -0.600. The molecule has 0 amide bonds. The van der Waals surface area contributed by atoms with Crippen LogP contribution in [-0.4, -0.2) is 25.4 Å². The largest absolute Gasteiger partial charge is 0.376 e. The second-order valence-electron chi connectivity index (χ2n) is 3.58. The minimum absolute atomic E-state index is 0.252. The standard InChI is InChI=1S/C12H20O2/c1-3-5-7-11-12(13-9-4-2)8-6-10-14-11/h3-4,11-12H,1-2,5-10H2/t11-,12+/m1/s1. The molecule has 0 aromatic carbocycles. The fourth-order valence-corrected chi connectivity index (χ4v) is 1.75. The molecule has 0 N–H and O–H groups in total. The van der Waals surface area contributed by atoms with E-state index < -0.39 is 0 Å². The molecule has 1 aliphatic heterocycles. The molecular weight excluding hydrogens is 176 g/mol. The molecule has 1 fully saturated rings. The van der Waals surface area contributed by atoms with E-state index >= 15 is 0 Å². The lowest BCUT2D eigenvalue weighted by Gasteiger charge is -2.31. The molecule has 2 heteroatoms. The van der Waals surface area contributed by atoms with Crippen LogP contribution in [-0.2, 0) is 9.47 Å². The maximum atomic E-state index is 5.68. The minimum atomic E-state index is 0.252. The van der Waals surface area contributed by atoms with E-state index in [1.54, 1.807) is 6.08 Å². The highest BCUT2D eigenvalue weighted by Gasteiger charge is 2.25. The first-order valence-electron chi connectivity index (χ1n) is 5.33. The normalized spacial score (nSPS) is 27.1. The Labute approximate surface area is 86.6 Å². The topological polar surface area (TPSA) is 18.5 Å². The second kappa shape index (κ2) is 6.80. The zero-order chi connectivity index (χ0) is 10.2. The van der Waals surface area contributed by atoms with Crippen LogP contribution in [0.25, 0.3) is 0 Å². The Morgan fingerprint density at radius 3 is 2.93 bits per heavy atom. The van der Waals surface area contributed by atoms with Crippen molar-refractivity contribution in [3.8, 4) is 0 Å². The number of hydrogen-bond donors (Lipinski definition) is 0. The van der Waals surface area contributed by atoms with E-state index in [0.29, 0.717) is 6.61 Å². The van der Waals surface area contributed by atoms with Gasteiger partial charge in [-0.2, -0.15) is 0 Å². The van der Waals surface area contributed by atoms with E-state index in [2.05, 4.69) is 13.2 Å². The molecule has 0 aromatic heterocycles. The van der Waals surface area contributed by atoms with Gasteiger partial charge in [0.25, 0.3) is 0 Å². The summed E-state index contributed by atoms with van der Waals surface area (Å²) in [4.78, 5) is 0. The Balaban J connectivity index is 2.33. The predicted molar refractivity (Wildman–Crippen MR) is 58.3 cm³/mol. The van der Waals surface area contributed by atoms with Gasteiger partial charge in [-0.1, -0.05) is 12.2 Å². The summed E-state index contributed by atoms with van der Waals surface area (Å²) in [5, 5.41) is 0. The Morgan fingerprint density at radius 1 is 1.36 bits per heavy atom. The van der Waals surface area contributed by atoms with Crippen molar-refractivity contribution in [2.45, 2.75) is 37.9 Å². The molecular formula is C12H20O2. The molecule has 1 heterocycles. The number of ether oxygens (including phenoxy) is 2. The fourth-order valence-electron chi connectivity index (χ4n) is 1.75. The molecule has 80 valence electrons. The van der Waals surface area contributed by atoms with E-state index in [0.717, 1.165) is 32.3 Å². The van der Waals surface area contributed by atoms with Gasteiger partial charge in [0.15, 0.2) is 0 Å². The van der Waals surface area contributed by atoms with Gasteiger partial charge < -0.3 is 9.47 Å². The van der Waals surface area contributed by atoms with Gasteiger partial charge in [-0.15, -0.1) is 13.2 Å². The Kier molecular flexibility index (Phi) is 5.57. The highest BCUT2D eigenvalue weighted by atomic mass is 16.5. The Bertz CT molecular complexity index is 157. The van der Waals surface area contributed by atoms with Crippen molar-refractivity contribution in [1.29, 1.82) is 0 Å². The van der Waals surface area contributed by atoms with Crippen molar-refractivity contribution in [2.75, 3.05) is 13.2 Å². The predicted octanol–water partition coefficient (Wildman–Crippen LogP) is 2.70. The van der Waals surface area contributed by atoms with Crippen LogP contribution in [0.15, 0.2) is 25.3 Å². The van der Waals surface area contributed by atoms with Crippen LogP contribution in [0.5, 0.6) is 0 Å². The van der Waals surface area contributed by atoms with Crippen molar-refractivity contribution in [1.82, 2.24) is 0 Å². The summed E-state index contributed by atoms with van der Waals surface area (Å²) in [7, 11) is 0. The third-order valence-electron chi connectivity index (χ3n) is 2.46. The first-order chi connectivity index (χ1) is 6.88. The molecule has 0 saturated carbocycles. The van der Waals surface area contributed by atoms with Crippen LogP contribution in [0, 0.1) is 0 Å². The molecule has 0 bridgehead atoms. The molecule has 0 spiro atoms. The second-order valence-corrected chi connectivity index (χ2v) is 3.58. The summed E-state index contributed by atoms with van der Waals surface area (Å²) in [6.45, 7) is 8.86. The molecule has 1 saturated heterocycles. The zero-order valence-electron chi connectivity index (χ0n) is 8.78. The summed E-state index contributed by atoms with van der Waals surface area (Å²) in [6.07, 6.45) is 8.46. The van der Waals surface area contributed by atoms with Crippen molar-refractivity contribution in [3.63, 3.8) is 0 Å². The van der Waals surface area contributed by atoms with Crippen molar-refractivity contribution in [3.05, 3.63) is 25.3 Å². The van der Waals surface area contributed by atoms with Crippen molar-refractivity contribution >= 4 is 0 Å². The minimum Gasteiger partial charge on any atom is -0.376 e. The van der Waals surface area contributed by atoms with Gasteiger partial charge in [-0.3, -0.25) is 0 Å². The van der Waals surface area contributed by atoms with Gasteiger partial charge in [-0.25, -0.2) is 0 Å². The first kappa shape index (κ1) is 11.5. The average Bonchev–Trinajstić information content (AvgIpc) is 2.24. The maximum absolute atomic E-state index is 5.68. The first-order valence-corrected chi connectivity index (χ1v) is 5.33. The fraction of sp³-hybridized carbons (Fsp3) is 0.667. The molecule has 1 rings (SSSR count). The highest BCUT2D eigenvalue weighted by molar-refractivity contribution is 4.80. The van der Waals surface area contributed by atoms with Gasteiger partial charge in [-0.05, 0) is 25.7 Å². The number of hydrogen-bond acceptors (Lipinski definition) is 2. The maximum Gasteiger partial charge on any atom is 0.0841 e. The molecule has 0 radical (unpaired) electrons. The van der Waals surface area contributed by atoms with Crippen LogP contribution >= 0.6 is 0 Å². The third kappa shape index (κ3) is 3.64. The van der Waals surface area contributed by atoms with Gasteiger partial charge in [0.1, 0.15) is 0 Å². The summed E-state index contributed by atoms with van der Waals surface area (Å²) >= 11 is 0. The smallest absolute Gasteiger partial charge is 0.0841 e. The van der Waals surface area contributed by atoms with Crippen LogP contribution in [0.4, 0.5) is 0 Å². The summed E-state index contributed by atoms with van der Waals surface area (Å²) < 4.78 is 11.3. The lowest BCUT2D eigenvalue weighted by Crippen LogP contribution is -2.36. The third-order valence-corrected chi connectivity index (χ3v) is 2.46. The summed E-state index contributed by atoms with van der Waals surface area (Å²) in [5.41, 5.74) is 0. The zero-order valence-corrected chi connectivity index (χ0v) is 8.78. The number of allylic oxidation sites excluding steroid dienone is 1. The lowest BCUT2D eigenvalue weighted by molar-refractivity contribution is -0.101. The molecule has 0 unspecified atom stereocenters.